The van der Waals surface area contributed by atoms with Gasteiger partial charge < -0.3 is 15.6 Å². The quantitative estimate of drug-likeness (QED) is 0.817. The molecule has 1 fully saturated rings. The smallest absolute Gasteiger partial charge is 0.165 e. The number of hydrogen-bond acceptors (Lipinski definition) is 4. The van der Waals surface area contributed by atoms with E-state index < -0.39 is 0 Å². The van der Waals surface area contributed by atoms with E-state index in [9.17, 15) is 5.11 Å². The number of piperidine rings is 1. The SMILES string of the molecule is C=CCN1CC[C@]23c4c5ccc(O)c4O[C@H]2[C@H](N)C=C[C@H]3[C@H]1C5. The molecule has 0 radical (unpaired) electrons. The molecule has 2 bridgehead atoms. The molecule has 2 aliphatic carbocycles. The molecule has 0 saturated carbocycles. The van der Waals surface area contributed by atoms with Crippen LogP contribution in [0.1, 0.15) is 17.5 Å². The van der Waals surface area contributed by atoms with Gasteiger partial charge >= 0.3 is 0 Å². The summed E-state index contributed by atoms with van der Waals surface area (Å²) in [4.78, 5) is 2.54. The summed E-state index contributed by atoms with van der Waals surface area (Å²) in [5.74, 6) is 1.34. The monoisotopic (exact) mass is 310 g/mol. The summed E-state index contributed by atoms with van der Waals surface area (Å²) in [6.07, 6.45) is 8.37. The third-order valence-electron chi connectivity index (χ3n) is 6.42. The molecule has 0 unspecified atom stereocenters. The van der Waals surface area contributed by atoms with Crippen LogP contribution in [-0.2, 0) is 11.8 Å². The third kappa shape index (κ3) is 1.49. The summed E-state index contributed by atoms with van der Waals surface area (Å²) in [6.45, 7) is 5.87. The molecule has 2 aliphatic heterocycles. The number of nitrogens with zero attached hydrogens (tertiary/aromatic N) is 1. The highest BCUT2D eigenvalue weighted by molar-refractivity contribution is 5.61. The van der Waals surface area contributed by atoms with Crippen LogP contribution >= 0.6 is 0 Å². The van der Waals surface area contributed by atoms with Gasteiger partial charge in [-0.1, -0.05) is 24.3 Å². The molecule has 4 heteroatoms. The standard InChI is InChI=1S/C19H22N2O2/c1-2-8-21-9-7-19-12-4-5-13(20)18(19)23-17-15(22)6-3-11(16(17)19)10-14(12)21/h2-6,12-14,18,22H,1,7-10,20H2/t12-,13+,14+,18-,19-/m0/s1. The predicted octanol–water partition coefficient (Wildman–Crippen LogP) is 1.72. The number of rotatable bonds is 2. The van der Waals surface area contributed by atoms with Crippen LogP contribution in [0.25, 0.3) is 0 Å². The Balaban J connectivity index is 1.76. The summed E-state index contributed by atoms with van der Waals surface area (Å²) >= 11 is 0. The van der Waals surface area contributed by atoms with Gasteiger partial charge in [0.1, 0.15) is 6.10 Å². The lowest BCUT2D eigenvalue weighted by molar-refractivity contribution is -0.0103. The number of aromatic hydroxyl groups is 1. The lowest BCUT2D eigenvalue weighted by Gasteiger charge is -2.57. The summed E-state index contributed by atoms with van der Waals surface area (Å²) in [6, 6.07) is 4.19. The van der Waals surface area contributed by atoms with E-state index in [1.165, 1.54) is 11.1 Å². The second-order valence-corrected chi connectivity index (χ2v) is 7.32. The maximum Gasteiger partial charge on any atom is 0.165 e. The van der Waals surface area contributed by atoms with E-state index in [1.54, 1.807) is 6.07 Å². The van der Waals surface area contributed by atoms with E-state index in [2.05, 4.69) is 29.7 Å². The fourth-order valence-corrected chi connectivity index (χ4v) is 5.59. The van der Waals surface area contributed by atoms with E-state index >= 15 is 0 Å². The van der Waals surface area contributed by atoms with Gasteiger partial charge in [0.05, 0.1) is 6.04 Å². The first-order valence-corrected chi connectivity index (χ1v) is 8.47. The van der Waals surface area contributed by atoms with Crippen LogP contribution in [0, 0.1) is 5.92 Å². The van der Waals surface area contributed by atoms with E-state index in [-0.39, 0.29) is 23.3 Å². The number of ether oxygens (including phenoxy) is 1. The minimum atomic E-state index is -0.115. The Morgan fingerprint density at radius 3 is 3.13 bits per heavy atom. The average molecular weight is 310 g/mol. The first-order chi connectivity index (χ1) is 11.2. The molecule has 23 heavy (non-hydrogen) atoms. The molecular weight excluding hydrogens is 288 g/mol. The Kier molecular flexibility index (Phi) is 2.61. The van der Waals surface area contributed by atoms with Crippen LogP contribution in [0.2, 0.25) is 0 Å². The molecule has 1 saturated heterocycles. The van der Waals surface area contributed by atoms with Crippen molar-refractivity contribution >= 4 is 0 Å². The van der Waals surface area contributed by atoms with Crippen molar-refractivity contribution in [1.82, 2.24) is 4.90 Å². The van der Waals surface area contributed by atoms with Gasteiger partial charge in [0.15, 0.2) is 11.5 Å². The van der Waals surface area contributed by atoms with Crippen molar-refractivity contribution in [2.24, 2.45) is 11.7 Å². The van der Waals surface area contributed by atoms with Crippen LogP contribution < -0.4 is 10.5 Å². The minimum absolute atomic E-state index is 0.0618. The number of phenolic OH excluding ortho intramolecular Hbond substituents is 1. The Morgan fingerprint density at radius 2 is 2.30 bits per heavy atom. The zero-order valence-electron chi connectivity index (χ0n) is 13.1. The maximum atomic E-state index is 10.3. The van der Waals surface area contributed by atoms with E-state index in [0.29, 0.717) is 17.7 Å². The second-order valence-electron chi connectivity index (χ2n) is 7.32. The molecule has 2 heterocycles. The van der Waals surface area contributed by atoms with Crippen LogP contribution in [0.5, 0.6) is 11.5 Å². The van der Waals surface area contributed by atoms with Crippen molar-refractivity contribution in [3.63, 3.8) is 0 Å². The van der Waals surface area contributed by atoms with Crippen molar-refractivity contribution in [2.75, 3.05) is 13.1 Å². The molecule has 5 rings (SSSR count). The second kappa shape index (κ2) is 4.40. The highest BCUT2D eigenvalue weighted by Gasteiger charge is 2.64. The number of nitrogens with two attached hydrogens (primary N) is 1. The number of benzene rings is 1. The van der Waals surface area contributed by atoms with E-state index in [4.69, 9.17) is 10.5 Å². The third-order valence-corrected chi connectivity index (χ3v) is 6.42. The van der Waals surface area contributed by atoms with Gasteiger partial charge in [-0.2, -0.15) is 0 Å². The zero-order chi connectivity index (χ0) is 15.8. The Hall–Kier alpha value is -1.78. The van der Waals surface area contributed by atoms with Crippen molar-refractivity contribution in [1.29, 1.82) is 0 Å². The van der Waals surface area contributed by atoms with Crippen LogP contribution in [-0.4, -0.2) is 41.3 Å². The predicted molar refractivity (Wildman–Crippen MR) is 88.7 cm³/mol. The van der Waals surface area contributed by atoms with Crippen molar-refractivity contribution < 1.29 is 9.84 Å². The Bertz CT molecular complexity index is 728. The fraction of sp³-hybridized carbons (Fsp3) is 0.474. The Labute approximate surface area is 136 Å². The normalized spacial score (nSPS) is 39.7. The minimum Gasteiger partial charge on any atom is -0.504 e. The molecule has 0 amide bonds. The molecule has 4 nitrogen and oxygen atoms in total. The van der Waals surface area contributed by atoms with Gasteiger partial charge in [0.2, 0.25) is 0 Å². The largest absolute Gasteiger partial charge is 0.504 e. The topological polar surface area (TPSA) is 58.7 Å². The summed E-state index contributed by atoms with van der Waals surface area (Å²) in [5, 5.41) is 10.3. The van der Waals surface area contributed by atoms with Crippen LogP contribution in [0.3, 0.4) is 0 Å². The van der Waals surface area contributed by atoms with Crippen LogP contribution in [0.15, 0.2) is 36.9 Å². The molecule has 120 valence electrons. The molecule has 5 atom stereocenters. The number of hydrogen-bond donors (Lipinski definition) is 2. The first kappa shape index (κ1) is 13.6. The van der Waals surface area contributed by atoms with E-state index in [1.807, 2.05) is 6.08 Å². The summed E-state index contributed by atoms with van der Waals surface area (Å²) < 4.78 is 6.25. The van der Waals surface area contributed by atoms with Crippen LogP contribution in [0.4, 0.5) is 0 Å². The molecule has 1 aromatic rings. The average Bonchev–Trinajstić information content (AvgIpc) is 2.89. The fourth-order valence-electron chi connectivity index (χ4n) is 5.59. The van der Waals surface area contributed by atoms with Gasteiger partial charge in [-0.25, -0.2) is 0 Å². The number of likely N-dealkylation sites (tertiary alicyclic amines) is 1. The molecule has 0 aromatic heterocycles. The van der Waals surface area contributed by atoms with Gasteiger partial charge in [-0.3, -0.25) is 4.90 Å². The van der Waals surface area contributed by atoms with Crippen molar-refractivity contribution in [3.05, 3.63) is 48.1 Å². The van der Waals surface area contributed by atoms with Crippen molar-refractivity contribution in [2.45, 2.75) is 36.4 Å². The lowest BCUT2D eigenvalue weighted by atomic mass is 9.53. The highest BCUT2D eigenvalue weighted by atomic mass is 16.5. The first-order valence-electron chi connectivity index (χ1n) is 8.47. The van der Waals surface area contributed by atoms with Gasteiger partial charge in [0.25, 0.3) is 0 Å². The number of phenols is 1. The van der Waals surface area contributed by atoms with E-state index in [0.717, 1.165) is 25.9 Å². The summed E-state index contributed by atoms with van der Waals surface area (Å²) in [7, 11) is 0. The molecule has 1 spiro atoms. The lowest BCUT2D eigenvalue weighted by Crippen LogP contribution is -2.66. The maximum absolute atomic E-state index is 10.3. The van der Waals surface area contributed by atoms with Gasteiger partial charge in [-0.15, -0.1) is 6.58 Å². The summed E-state index contributed by atoms with van der Waals surface area (Å²) in [5.41, 5.74) is 8.87. The zero-order valence-corrected chi connectivity index (χ0v) is 13.1. The molecular formula is C19H22N2O2. The molecule has 1 aromatic carbocycles. The van der Waals surface area contributed by atoms with Gasteiger partial charge in [0, 0.05) is 29.5 Å². The molecule has 3 N–H and O–H groups in total. The molecule has 4 aliphatic rings. The highest BCUT2D eigenvalue weighted by Crippen LogP contribution is 2.62. The Morgan fingerprint density at radius 1 is 1.43 bits per heavy atom. The van der Waals surface area contributed by atoms with Crippen molar-refractivity contribution in [3.8, 4) is 11.5 Å². The van der Waals surface area contributed by atoms with Gasteiger partial charge in [-0.05, 0) is 31.0 Å².